The first kappa shape index (κ1) is 19.1. The molecule has 4 nitrogen and oxygen atoms in total. The third kappa shape index (κ3) is 3.84. The first-order chi connectivity index (χ1) is 13.9. The number of rotatable bonds is 4. The van der Waals surface area contributed by atoms with Crippen molar-refractivity contribution in [3.63, 3.8) is 0 Å². The average Bonchev–Trinajstić information content (AvgIpc) is 2.71. The second-order valence-electron chi connectivity index (χ2n) is 7.15. The maximum absolute atomic E-state index is 13.1. The monoisotopic (exact) mass is 402 g/mol. The van der Waals surface area contributed by atoms with Crippen LogP contribution in [-0.2, 0) is 6.54 Å². The van der Waals surface area contributed by atoms with Crippen molar-refractivity contribution in [2.45, 2.75) is 20.4 Å². The molecule has 0 fully saturated rings. The van der Waals surface area contributed by atoms with Gasteiger partial charge in [0.05, 0.1) is 10.9 Å². The Labute approximate surface area is 173 Å². The van der Waals surface area contributed by atoms with Gasteiger partial charge in [-0.25, -0.2) is 4.98 Å². The minimum atomic E-state index is -0.327. The highest BCUT2D eigenvalue weighted by Crippen LogP contribution is 2.17. The average molecular weight is 403 g/mol. The molecular weight excluding hydrogens is 384 g/mol. The summed E-state index contributed by atoms with van der Waals surface area (Å²) in [5.74, 6) is -0.327. The maximum Gasteiger partial charge on any atom is 0.202 e. The van der Waals surface area contributed by atoms with E-state index < -0.39 is 0 Å². The summed E-state index contributed by atoms with van der Waals surface area (Å²) >= 11 is 5.93. The number of aromatic nitrogens is 2. The van der Waals surface area contributed by atoms with Crippen molar-refractivity contribution in [3.05, 3.63) is 110 Å². The first-order valence-corrected chi connectivity index (χ1v) is 9.67. The molecule has 0 aliphatic carbocycles. The number of hydrogen-bond donors (Lipinski definition) is 0. The van der Waals surface area contributed by atoms with Gasteiger partial charge in [-0.05, 0) is 55.8 Å². The van der Waals surface area contributed by atoms with Gasteiger partial charge in [-0.3, -0.25) is 9.59 Å². The van der Waals surface area contributed by atoms with E-state index in [1.54, 1.807) is 42.6 Å². The van der Waals surface area contributed by atoms with Gasteiger partial charge in [0.25, 0.3) is 0 Å². The smallest absolute Gasteiger partial charge is 0.202 e. The summed E-state index contributed by atoms with van der Waals surface area (Å²) in [5, 5.41) is 0.971. The number of ketones is 1. The summed E-state index contributed by atoms with van der Waals surface area (Å²) in [4.78, 5) is 30.7. The molecular formula is C24H19ClN2O2. The Morgan fingerprint density at radius 2 is 1.66 bits per heavy atom. The van der Waals surface area contributed by atoms with Gasteiger partial charge in [0, 0.05) is 29.0 Å². The van der Waals surface area contributed by atoms with Crippen LogP contribution in [0.15, 0.2) is 71.7 Å². The Morgan fingerprint density at radius 1 is 0.966 bits per heavy atom. The molecule has 0 spiro atoms. The zero-order valence-electron chi connectivity index (χ0n) is 16.1. The van der Waals surface area contributed by atoms with Crippen molar-refractivity contribution < 1.29 is 4.79 Å². The van der Waals surface area contributed by atoms with Gasteiger partial charge in [-0.2, -0.15) is 0 Å². The molecule has 0 bridgehead atoms. The first-order valence-electron chi connectivity index (χ1n) is 9.29. The van der Waals surface area contributed by atoms with Gasteiger partial charge < -0.3 is 4.57 Å². The number of fused-ring (bicyclic) bond motifs is 1. The number of halogens is 1. The van der Waals surface area contributed by atoms with Crippen LogP contribution in [0.1, 0.15) is 32.7 Å². The fourth-order valence-corrected chi connectivity index (χ4v) is 3.42. The molecule has 0 aliphatic rings. The van der Waals surface area contributed by atoms with Crippen molar-refractivity contribution >= 4 is 28.4 Å². The standard InChI is InChI=1S/C24H19ClN2O2/c1-15-3-6-17(7-4-15)13-27-14-21(22(28)18-8-10-19(25)11-9-18)23(29)20-12-5-16(2)26-24(20)27/h3-12,14H,13H2,1-2H3. The summed E-state index contributed by atoms with van der Waals surface area (Å²) in [5.41, 5.74) is 3.85. The van der Waals surface area contributed by atoms with E-state index >= 15 is 0 Å². The Hall–Kier alpha value is -3.24. The predicted octanol–water partition coefficient (Wildman–Crippen LogP) is 4.95. The van der Waals surface area contributed by atoms with Gasteiger partial charge in [0.2, 0.25) is 5.43 Å². The van der Waals surface area contributed by atoms with E-state index in [1.807, 2.05) is 42.7 Å². The topological polar surface area (TPSA) is 52.0 Å². The Kier molecular flexibility index (Phi) is 5.03. The predicted molar refractivity (Wildman–Crippen MR) is 116 cm³/mol. The fourth-order valence-electron chi connectivity index (χ4n) is 3.29. The van der Waals surface area contributed by atoms with Crippen molar-refractivity contribution in [1.82, 2.24) is 9.55 Å². The third-order valence-electron chi connectivity index (χ3n) is 4.89. The van der Waals surface area contributed by atoms with Crippen LogP contribution in [0.4, 0.5) is 0 Å². The largest absolute Gasteiger partial charge is 0.327 e. The SMILES string of the molecule is Cc1ccc(Cn2cc(C(=O)c3ccc(Cl)cc3)c(=O)c3ccc(C)nc32)cc1. The molecule has 29 heavy (non-hydrogen) atoms. The van der Waals surface area contributed by atoms with Crippen molar-refractivity contribution in [2.75, 3.05) is 0 Å². The van der Waals surface area contributed by atoms with Crippen LogP contribution in [0, 0.1) is 13.8 Å². The molecule has 2 heterocycles. The van der Waals surface area contributed by atoms with E-state index in [0.29, 0.717) is 28.2 Å². The quantitative estimate of drug-likeness (QED) is 0.454. The minimum absolute atomic E-state index is 0.123. The number of carbonyl (C=O) groups excluding carboxylic acids is 1. The van der Waals surface area contributed by atoms with E-state index in [-0.39, 0.29) is 16.8 Å². The van der Waals surface area contributed by atoms with Crippen LogP contribution in [0.25, 0.3) is 11.0 Å². The van der Waals surface area contributed by atoms with E-state index in [1.165, 1.54) is 5.56 Å². The van der Waals surface area contributed by atoms with Crippen LogP contribution >= 0.6 is 11.6 Å². The normalized spacial score (nSPS) is 11.0. The molecule has 0 atom stereocenters. The summed E-state index contributed by atoms with van der Waals surface area (Å²) in [6, 6.07) is 18.2. The number of hydrogen-bond acceptors (Lipinski definition) is 3. The Balaban J connectivity index is 1.89. The Morgan fingerprint density at radius 3 is 2.34 bits per heavy atom. The molecule has 0 saturated heterocycles. The number of benzene rings is 2. The lowest BCUT2D eigenvalue weighted by atomic mass is 10.0. The van der Waals surface area contributed by atoms with Crippen LogP contribution in [-0.4, -0.2) is 15.3 Å². The van der Waals surface area contributed by atoms with Crippen LogP contribution in [0.5, 0.6) is 0 Å². The lowest BCUT2D eigenvalue weighted by Crippen LogP contribution is -2.21. The Bertz CT molecular complexity index is 1270. The van der Waals surface area contributed by atoms with Crippen LogP contribution in [0.3, 0.4) is 0 Å². The zero-order chi connectivity index (χ0) is 20.5. The molecule has 5 heteroatoms. The summed E-state index contributed by atoms with van der Waals surface area (Å²) in [7, 11) is 0. The van der Waals surface area contributed by atoms with Gasteiger partial charge in [0.1, 0.15) is 5.65 Å². The highest BCUT2D eigenvalue weighted by molar-refractivity contribution is 6.30. The number of aryl methyl sites for hydroxylation is 2. The molecule has 144 valence electrons. The second kappa shape index (κ2) is 7.64. The molecule has 2 aromatic heterocycles. The molecule has 0 N–H and O–H groups in total. The zero-order valence-corrected chi connectivity index (χ0v) is 16.9. The van der Waals surface area contributed by atoms with Gasteiger partial charge >= 0.3 is 0 Å². The fraction of sp³-hybridized carbons (Fsp3) is 0.125. The van der Waals surface area contributed by atoms with Crippen LogP contribution in [0.2, 0.25) is 5.02 Å². The highest BCUT2D eigenvalue weighted by Gasteiger charge is 2.18. The minimum Gasteiger partial charge on any atom is -0.327 e. The number of pyridine rings is 2. The number of carbonyl (C=O) groups is 1. The van der Waals surface area contributed by atoms with Gasteiger partial charge in [-0.15, -0.1) is 0 Å². The van der Waals surface area contributed by atoms with Crippen molar-refractivity contribution in [3.8, 4) is 0 Å². The molecule has 4 aromatic rings. The van der Waals surface area contributed by atoms with E-state index in [0.717, 1.165) is 11.3 Å². The van der Waals surface area contributed by atoms with Crippen molar-refractivity contribution in [1.29, 1.82) is 0 Å². The number of nitrogens with zero attached hydrogens (tertiary/aromatic N) is 2. The molecule has 0 saturated carbocycles. The highest BCUT2D eigenvalue weighted by atomic mass is 35.5. The molecule has 4 rings (SSSR count). The lowest BCUT2D eigenvalue weighted by Gasteiger charge is -2.13. The summed E-state index contributed by atoms with van der Waals surface area (Å²) < 4.78 is 1.87. The molecule has 0 amide bonds. The molecule has 0 aliphatic heterocycles. The van der Waals surface area contributed by atoms with Crippen molar-refractivity contribution in [2.24, 2.45) is 0 Å². The third-order valence-corrected chi connectivity index (χ3v) is 5.14. The van der Waals surface area contributed by atoms with Crippen LogP contribution < -0.4 is 5.43 Å². The molecule has 0 unspecified atom stereocenters. The molecule has 0 radical (unpaired) electrons. The summed E-state index contributed by atoms with van der Waals surface area (Å²) in [6.45, 7) is 4.42. The van der Waals surface area contributed by atoms with E-state index in [2.05, 4.69) is 4.98 Å². The van der Waals surface area contributed by atoms with Gasteiger partial charge in [-0.1, -0.05) is 41.4 Å². The summed E-state index contributed by atoms with van der Waals surface area (Å²) in [6.07, 6.45) is 1.62. The van der Waals surface area contributed by atoms with E-state index in [9.17, 15) is 9.59 Å². The lowest BCUT2D eigenvalue weighted by molar-refractivity contribution is 0.103. The molecule has 2 aromatic carbocycles. The maximum atomic E-state index is 13.1. The van der Waals surface area contributed by atoms with Gasteiger partial charge in [0.15, 0.2) is 5.78 Å². The van der Waals surface area contributed by atoms with E-state index in [4.69, 9.17) is 11.6 Å². The second-order valence-corrected chi connectivity index (χ2v) is 7.58.